The van der Waals surface area contributed by atoms with Crippen molar-refractivity contribution in [3.63, 3.8) is 0 Å². The summed E-state index contributed by atoms with van der Waals surface area (Å²) in [5.74, 6) is -2.84. The van der Waals surface area contributed by atoms with E-state index < -0.39 is 40.6 Å². The number of alkyl halides is 3. The second kappa shape index (κ2) is 5.32. The largest absolute Gasteiger partial charge is 0.417 e. The first kappa shape index (κ1) is 16.5. The lowest BCUT2D eigenvalue weighted by molar-refractivity contribution is -0.138. The molecular formula is C16H15F3N2O3. The summed E-state index contributed by atoms with van der Waals surface area (Å²) < 4.78 is 39.6. The van der Waals surface area contributed by atoms with E-state index in [1.54, 1.807) is 0 Å². The van der Waals surface area contributed by atoms with Gasteiger partial charge in [0.15, 0.2) is 0 Å². The third-order valence-corrected chi connectivity index (χ3v) is 4.79. The lowest BCUT2D eigenvalue weighted by Gasteiger charge is -2.40. The van der Waals surface area contributed by atoms with E-state index in [-0.39, 0.29) is 18.4 Å². The minimum absolute atomic E-state index is 0.176. The molecule has 1 heterocycles. The molecule has 0 atom stereocenters. The van der Waals surface area contributed by atoms with Gasteiger partial charge in [0.25, 0.3) is 11.8 Å². The molecule has 0 radical (unpaired) electrons. The van der Waals surface area contributed by atoms with Crippen LogP contribution in [-0.2, 0) is 11.0 Å². The van der Waals surface area contributed by atoms with Gasteiger partial charge in [-0.1, -0.05) is 25.3 Å². The number of carbonyl (C=O) groups excluding carboxylic acids is 3. The smallest absolute Gasteiger partial charge is 0.368 e. The lowest BCUT2D eigenvalue weighted by atomic mass is 9.79. The van der Waals surface area contributed by atoms with Crippen LogP contribution in [0.15, 0.2) is 18.2 Å². The van der Waals surface area contributed by atoms with Gasteiger partial charge in [-0.3, -0.25) is 19.3 Å². The van der Waals surface area contributed by atoms with Crippen LogP contribution in [0.25, 0.3) is 0 Å². The molecule has 5 nitrogen and oxygen atoms in total. The zero-order chi connectivity index (χ0) is 17.7. The molecule has 0 spiro atoms. The molecule has 1 aliphatic heterocycles. The maximum Gasteiger partial charge on any atom is 0.417 e. The summed E-state index contributed by atoms with van der Waals surface area (Å²) >= 11 is 0. The number of benzene rings is 1. The van der Waals surface area contributed by atoms with Crippen LogP contribution < -0.4 is 5.73 Å². The van der Waals surface area contributed by atoms with E-state index in [4.69, 9.17) is 5.73 Å². The Labute approximate surface area is 135 Å². The topological polar surface area (TPSA) is 80.5 Å². The molecule has 3 rings (SSSR count). The molecule has 0 bridgehead atoms. The van der Waals surface area contributed by atoms with Crippen molar-refractivity contribution in [2.45, 2.75) is 43.8 Å². The van der Waals surface area contributed by atoms with Crippen molar-refractivity contribution in [1.29, 1.82) is 0 Å². The normalized spacial score (nSPS) is 20.2. The summed E-state index contributed by atoms with van der Waals surface area (Å²) in [6.07, 6.45) is -2.47. The van der Waals surface area contributed by atoms with E-state index in [0.717, 1.165) is 18.6 Å². The number of halogens is 3. The van der Waals surface area contributed by atoms with Crippen molar-refractivity contribution in [2.75, 3.05) is 0 Å². The SMILES string of the molecule is NC(=O)C1(N2C(=O)c3cccc(C(F)(F)F)c3C2=O)CCCCC1. The van der Waals surface area contributed by atoms with E-state index in [2.05, 4.69) is 0 Å². The molecule has 128 valence electrons. The van der Waals surface area contributed by atoms with Crippen LogP contribution in [0.2, 0.25) is 0 Å². The molecule has 0 unspecified atom stereocenters. The number of fused-ring (bicyclic) bond motifs is 1. The summed E-state index contributed by atoms with van der Waals surface area (Å²) in [6.45, 7) is 0. The molecule has 2 aliphatic rings. The number of imide groups is 1. The Morgan fingerprint density at radius 1 is 1.08 bits per heavy atom. The Balaban J connectivity index is 2.15. The fourth-order valence-corrected chi connectivity index (χ4v) is 3.63. The second-order valence-corrected chi connectivity index (χ2v) is 6.13. The van der Waals surface area contributed by atoms with Crippen LogP contribution in [-0.4, -0.2) is 28.2 Å². The first-order chi connectivity index (χ1) is 11.2. The highest BCUT2D eigenvalue weighted by Gasteiger charge is 2.55. The van der Waals surface area contributed by atoms with Gasteiger partial charge in [0, 0.05) is 0 Å². The molecule has 1 saturated carbocycles. The summed E-state index contributed by atoms with van der Waals surface area (Å²) in [6, 6.07) is 3.00. The summed E-state index contributed by atoms with van der Waals surface area (Å²) in [5.41, 5.74) is 1.71. The Morgan fingerprint density at radius 3 is 2.25 bits per heavy atom. The van der Waals surface area contributed by atoms with E-state index in [0.29, 0.717) is 17.7 Å². The summed E-state index contributed by atoms with van der Waals surface area (Å²) in [4.78, 5) is 38.0. The minimum atomic E-state index is -4.77. The van der Waals surface area contributed by atoms with E-state index in [1.165, 1.54) is 6.07 Å². The molecule has 2 N–H and O–H groups in total. The highest BCUT2D eigenvalue weighted by Crippen LogP contribution is 2.42. The van der Waals surface area contributed by atoms with Crippen molar-refractivity contribution in [1.82, 2.24) is 4.90 Å². The molecule has 8 heteroatoms. The maximum absolute atomic E-state index is 13.2. The third kappa shape index (κ3) is 2.20. The summed E-state index contributed by atoms with van der Waals surface area (Å²) in [7, 11) is 0. The first-order valence-electron chi connectivity index (χ1n) is 7.59. The molecule has 3 amide bonds. The molecule has 0 saturated heterocycles. The van der Waals surface area contributed by atoms with E-state index in [9.17, 15) is 27.6 Å². The Kier molecular flexibility index (Phi) is 3.65. The molecular weight excluding hydrogens is 325 g/mol. The van der Waals surface area contributed by atoms with Gasteiger partial charge in [-0.25, -0.2) is 0 Å². The van der Waals surface area contributed by atoms with Crippen LogP contribution in [0.5, 0.6) is 0 Å². The zero-order valence-corrected chi connectivity index (χ0v) is 12.7. The number of rotatable bonds is 2. The Bertz CT molecular complexity index is 737. The highest BCUT2D eigenvalue weighted by atomic mass is 19.4. The summed E-state index contributed by atoms with van der Waals surface area (Å²) in [5, 5.41) is 0. The average molecular weight is 340 g/mol. The minimum Gasteiger partial charge on any atom is -0.368 e. The van der Waals surface area contributed by atoms with E-state index >= 15 is 0 Å². The van der Waals surface area contributed by atoms with Gasteiger partial charge >= 0.3 is 6.18 Å². The predicted octanol–water partition coefficient (Wildman–Crippen LogP) is 2.49. The number of hydrogen-bond donors (Lipinski definition) is 1. The van der Waals surface area contributed by atoms with Crippen molar-refractivity contribution < 1.29 is 27.6 Å². The van der Waals surface area contributed by atoms with Gasteiger partial charge in [-0.05, 0) is 25.0 Å². The van der Waals surface area contributed by atoms with E-state index in [1.807, 2.05) is 0 Å². The van der Waals surface area contributed by atoms with Crippen LogP contribution in [0, 0.1) is 0 Å². The fourth-order valence-electron chi connectivity index (χ4n) is 3.63. The Hall–Kier alpha value is -2.38. The van der Waals surface area contributed by atoms with Crippen molar-refractivity contribution in [2.24, 2.45) is 5.73 Å². The van der Waals surface area contributed by atoms with Gasteiger partial charge in [0.05, 0.1) is 16.7 Å². The highest BCUT2D eigenvalue weighted by molar-refractivity contribution is 6.24. The second-order valence-electron chi connectivity index (χ2n) is 6.13. The zero-order valence-electron chi connectivity index (χ0n) is 12.7. The van der Waals surface area contributed by atoms with Gasteiger partial charge < -0.3 is 5.73 Å². The maximum atomic E-state index is 13.2. The number of carbonyl (C=O) groups is 3. The molecule has 1 aromatic carbocycles. The van der Waals surface area contributed by atoms with Crippen LogP contribution in [0.4, 0.5) is 13.2 Å². The quantitative estimate of drug-likeness (QED) is 0.840. The molecule has 1 fully saturated rings. The van der Waals surface area contributed by atoms with Gasteiger partial charge in [0.1, 0.15) is 5.54 Å². The first-order valence-corrected chi connectivity index (χ1v) is 7.59. The lowest BCUT2D eigenvalue weighted by Crippen LogP contribution is -2.60. The average Bonchev–Trinajstić information content (AvgIpc) is 2.79. The Morgan fingerprint density at radius 2 is 1.71 bits per heavy atom. The predicted molar refractivity (Wildman–Crippen MR) is 77.0 cm³/mol. The fraction of sp³-hybridized carbons (Fsp3) is 0.438. The molecule has 1 aromatic rings. The molecule has 0 aromatic heterocycles. The van der Waals surface area contributed by atoms with Crippen LogP contribution in [0.3, 0.4) is 0 Å². The van der Waals surface area contributed by atoms with Gasteiger partial charge in [-0.2, -0.15) is 13.2 Å². The van der Waals surface area contributed by atoms with Crippen LogP contribution in [0.1, 0.15) is 58.4 Å². The molecule has 1 aliphatic carbocycles. The van der Waals surface area contributed by atoms with Crippen molar-refractivity contribution in [3.8, 4) is 0 Å². The van der Waals surface area contributed by atoms with Crippen molar-refractivity contribution >= 4 is 17.7 Å². The monoisotopic (exact) mass is 340 g/mol. The van der Waals surface area contributed by atoms with Crippen molar-refractivity contribution in [3.05, 3.63) is 34.9 Å². The number of primary amides is 1. The number of nitrogens with two attached hydrogens (primary N) is 1. The standard InChI is InChI=1S/C16H15F3N2O3/c17-16(18,19)10-6-4-5-9-11(10)13(23)21(12(9)22)15(14(20)24)7-2-1-3-8-15/h4-6H,1-3,7-8H2,(H2,20,24). The number of hydrogen-bond acceptors (Lipinski definition) is 3. The van der Waals surface area contributed by atoms with Gasteiger partial charge in [-0.15, -0.1) is 0 Å². The third-order valence-electron chi connectivity index (χ3n) is 4.79. The number of nitrogens with zero attached hydrogens (tertiary/aromatic N) is 1. The van der Waals surface area contributed by atoms with Crippen LogP contribution >= 0.6 is 0 Å². The molecule has 24 heavy (non-hydrogen) atoms. The van der Waals surface area contributed by atoms with Gasteiger partial charge in [0.2, 0.25) is 5.91 Å². The number of amides is 3.